The van der Waals surface area contributed by atoms with Crippen molar-refractivity contribution in [3.63, 3.8) is 0 Å². The fourth-order valence-electron chi connectivity index (χ4n) is 1.03. The number of aryl methyl sites for hydroxylation is 1. The summed E-state index contributed by atoms with van der Waals surface area (Å²) in [7, 11) is 0. The summed E-state index contributed by atoms with van der Waals surface area (Å²) in [5.41, 5.74) is 0.907. The van der Waals surface area contributed by atoms with Crippen LogP contribution in [0, 0.1) is 6.92 Å². The molecule has 0 aliphatic rings. The van der Waals surface area contributed by atoms with E-state index in [1.165, 1.54) is 6.92 Å². The van der Waals surface area contributed by atoms with Crippen LogP contribution < -0.4 is 5.32 Å². The predicted molar refractivity (Wildman–Crippen MR) is 57.9 cm³/mol. The average molecular weight is 227 g/mol. The van der Waals surface area contributed by atoms with E-state index in [-0.39, 0.29) is 18.0 Å². The molecular formula is C10H11ClN2O2. The lowest BCUT2D eigenvalue weighted by Crippen LogP contribution is -2.15. The van der Waals surface area contributed by atoms with Crippen molar-refractivity contribution >= 4 is 29.1 Å². The Kier molecular flexibility index (Phi) is 3.80. The molecule has 0 saturated carbocycles. The summed E-state index contributed by atoms with van der Waals surface area (Å²) in [6, 6.07) is 1.69. The van der Waals surface area contributed by atoms with Crippen LogP contribution in [0.5, 0.6) is 0 Å². The number of Topliss-reactive ketones (excluding diaryl/α,β-unsaturated/α-hetero) is 1. The minimum Gasteiger partial charge on any atom is -0.309 e. The number of halogens is 1. The zero-order chi connectivity index (χ0) is 11.4. The summed E-state index contributed by atoms with van der Waals surface area (Å²) >= 11 is 5.85. The number of carbonyl (C=O) groups is 2. The molecule has 0 radical (unpaired) electrons. The van der Waals surface area contributed by atoms with Crippen molar-refractivity contribution in [3.05, 3.63) is 22.8 Å². The molecule has 0 atom stereocenters. The van der Waals surface area contributed by atoms with Gasteiger partial charge in [-0.05, 0) is 25.5 Å². The Balaban J connectivity index is 2.72. The van der Waals surface area contributed by atoms with E-state index in [0.717, 1.165) is 5.56 Å². The topological polar surface area (TPSA) is 59.1 Å². The average Bonchev–Trinajstić information content (AvgIpc) is 2.08. The number of anilines is 1. The highest BCUT2D eigenvalue weighted by atomic mass is 35.5. The van der Waals surface area contributed by atoms with Crippen molar-refractivity contribution in [2.75, 3.05) is 5.32 Å². The second-order valence-corrected chi connectivity index (χ2v) is 3.68. The third-order valence-electron chi connectivity index (χ3n) is 1.65. The molecule has 0 aromatic carbocycles. The Hall–Kier alpha value is -1.42. The molecule has 0 aliphatic heterocycles. The molecular weight excluding hydrogens is 216 g/mol. The van der Waals surface area contributed by atoms with Gasteiger partial charge in [-0.3, -0.25) is 9.59 Å². The van der Waals surface area contributed by atoms with Gasteiger partial charge in [-0.25, -0.2) is 4.98 Å². The van der Waals surface area contributed by atoms with E-state index in [0.29, 0.717) is 5.02 Å². The van der Waals surface area contributed by atoms with Crippen LogP contribution in [0.3, 0.4) is 0 Å². The van der Waals surface area contributed by atoms with Gasteiger partial charge in [-0.2, -0.15) is 0 Å². The maximum absolute atomic E-state index is 11.2. The molecule has 5 heteroatoms. The van der Waals surface area contributed by atoms with E-state index in [4.69, 9.17) is 11.6 Å². The highest BCUT2D eigenvalue weighted by molar-refractivity contribution is 6.33. The number of hydrogen-bond acceptors (Lipinski definition) is 3. The highest BCUT2D eigenvalue weighted by Crippen LogP contribution is 2.19. The van der Waals surface area contributed by atoms with Gasteiger partial charge in [0.2, 0.25) is 5.91 Å². The van der Waals surface area contributed by atoms with E-state index in [1.807, 2.05) is 6.92 Å². The Morgan fingerprint density at radius 1 is 1.53 bits per heavy atom. The number of aromatic nitrogens is 1. The second-order valence-electron chi connectivity index (χ2n) is 3.27. The number of carbonyl (C=O) groups excluding carboxylic acids is 2. The van der Waals surface area contributed by atoms with Crippen LogP contribution in [0.1, 0.15) is 18.9 Å². The van der Waals surface area contributed by atoms with Crippen LogP contribution in [0.25, 0.3) is 0 Å². The smallest absolute Gasteiger partial charge is 0.232 e. The van der Waals surface area contributed by atoms with Gasteiger partial charge in [0.15, 0.2) is 5.82 Å². The zero-order valence-corrected chi connectivity index (χ0v) is 9.26. The molecule has 0 aliphatic carbocycles. The Bertz CT molecular complexity index is 404. The van der Waals surface area contributed by atoms with E-state index >= 15 is 0 Å². The van der Waals surface area contributed by atoms with Crippen molar-refractivity contribution in [3.8, 4) is 0 Å². The molecule has 1 N–H and O–H groups in total. The molecule has 1 aromatic heterocycles. The molecule has 0 bridgehead atoms. The molecule has 0 saturated heterocycles. The largest absolute Gasteiger partial charge is 0.309 e. The lowest BCUT2D eigenvalue weighted by molar-refractivity contribution is -0.124. The summed E-state index contributed by atoms with van der Waals surface area (Å²) < 4.78 is 0. The highest BCUT2D eigenvalue weighted by Gasteiger charge is 2.08. The van der Waals surface area contributed by atoms with Crippen molar-refractivity contribution in [1.82, 2.24) is 4.98 Å². The third kappa shape index (κ3) is 3.67. The number of rotatable bonds is 3. The van der Waals surface area contributed by atoms with Gasteiger partial charge >= 0.3 is 0 Å². The molecule has 1 aromatic rings. The molecule has 0 unspecified atom stereocenters. The van der Waals surface area contributed by atoms with Gasteiger partial charge in [0.05, 0.1) is 11.4 Å². The van der Waals surface area contributed by atoms with Gasteiger partial charge in [0.25, 0.3) is 0 Å². The maximum Gasteiger partial charge on any atom is 0.232 e. The molecule has 0 fully saturated rings. The molecule has 15 heavy (non-hydrogen) atoms. The van der Waals surface area contributed by atoms with E-state index < -0.39 is 5.91 Å². The van der Waals surface area contributed by atoms with Gasteiger partial charge in [-0.15, -0.1) is 0 Å². The van der Waals surface area contributed by atoms with Gasteiger partial charge in [0, 0.05) is 6.20 Å². The summed E-state index contributed by atoms with van der Waals surface area (Å²) in [6.45, 7) is 3.20. The zero-order valence-electron chi connectivity index (χ0n) is 8.50. The fraction of sp³-hybridized carbons (Fsp3) is 0.300. The number of nitrogens with one attached hydrogen (secondary N) is 1. The summed E-state index contributed by atoms with van der Waals surface area (Å²) in [5.74, 6) is -0.315. The molecule has 0 spiro atoms. The Morgan fingerprint density at radius 2 is 2.20 bits per heavy atom. The van der Waals surface area contributed by atoms with E-state index in [1.54, 1.807) is 12.3 Å². The number of amides is 1. The van der Waals surface area contributed by atoms with Crippen molar-refractivity contribution in [2.45, 2.75) is 20.3 Å². The fourth-order valence-corrected chi connectivity index (χ4v) is 1.30. The summed E-state index contributed by atoms with van der Waals surface area (Å²) in [5, 5.41) is 2.83. The van der Waals surface area contributed by atoms with Crippen molar-refractivity contribution in [1.29, 1.82) is 0 Å². The molecule has 80 valence electrons. The van der Waals surface area contributed by atoms with E-state index in [2.05, 4.69) is 10.3 Å². The number of hydrogen-bond donors (Lipinski definition) is 1. The number of nitrogens with zero attached hydrogens (tertiary/aromatic N) is 1. The lowest BCUT2D eigenvalue weighted by Gasteiger charge is -2.05. The van der Waals surface area contributed by atoms with Crippen molar-refractivity contribution < 1.29 is 9.59 Å². The first-order valence-electron chi connectivity index (χ1n) is 4.40. The molecule has 1 heterocycles. The minimum absolute atomic E-state index is 0.161. The summed E-state index contributed by atoms with van der Waals surface area (Å²) in [6.07, 6.45) is 1.43. The SMILES string of the molecule is CC(=O)CC(=O)Nc1ncc(C)cc1Cl. The standard InChI is InChI=1S/C10H11ClN2O2/c1-6-3-8(11)10(12-5-6)13-9(15)4-7(2)14/h3,5H,4H2,1-2H3,(H,12,13,15). The first kappa shape index (κ1) is 11.7. The molecule has 1 amide bonds. The number of pyridine rings is 1. The first-order chi connectivity index (χ1) is 6.99. The minimum atomic E-state index is -0.402. The summed E-state index contributed by atoms with van der Waals surface area (Å²) in [4.78, 5) is 25.8. The predicted octanol–water partition coefficient (Wildman–Crippen LogP) is 1.96. The van der Waals surface area contributed by atoms with Crippen LogP contribution >= 0.6 is 11.6 Å². The van der Waals surface area contributed by atoms with Gasteiger partial charge in [0.1, 0.15) is 5.78 Å². The van der Waals surface area contributed by atoms with Crippen LogP contribution in [0.4, 0.5) is 5.82 Å². The monoisotopic (exact) mass is 226 g/mol. The van der Waals surface area contributed by atoms with E-state index in [9.17, 15) is 9.59 Å². The lowest BCUT2D eigenvalue weighted by atomic mass is 10.3. The van der Waals surface area contributed by atoms with Gasteiger partial charge in [-0.1, -0.05) is 11.6 Å². The third-order valence-corrected chi connectivity index (χ3v) is 1.93. The van der Waals surface area contributed by atoms with Crippen LogP contribution in [0.15, 0.2) is 12.3 Å². The maximum atomic E-state index is 11.2. The Morgan fingerprint density at radius 3 is 2.73 bits per heavy atom. The Labute approximate surface area is 92.7 Å². The van der Waals surface area contributed by atoms with Gasteiger partial charge < -0.3 is 5.32 Å². The van der Waals surface area contributed by atoms with Crippen molar-refractivity contribution in [2.24, 2.45) is 0 Å². The second kappa shape index (κ2) is 4.89. The first-order valence-corrected chi connectivity index (χ1v) is 4.78. The van der Waals surface area contributed by atoms with Crippen LogP contribution in [-0.2, 0) is 9.59 Å². The van der Waals surface area contributed by atoms with Crippen LogP contribution in [0.2, 0.25) is 5.02 Å². The quantitative estimate of drug-likeness (QED) is 0.802. The molecule has 4 nitrogen and oxygen atoms in total. The number of ketones is 1. The normalized spacial score (nSPS) is 9.80. The van der Waals surface area contributed by atoms with Crippen LogP contribution in [-0.4, -0.2) is 16.7 Å². The molecule has 1 rings (SSSR count).